The Kier molecular flexibility index (Phi) is 4.54. The smallest absolute Gasteiger partial charge is 0.242 e. The highest BCUT2D eigenvalue weighted by molar-refractivity contribution is 5.43. The van der Waals surface area contributed by atoms with Crippen LogP contribution in [0.1, 0.15) is 5.56 Å². The van der Waals surface area contributed by atoms with Crippen LogP contribution in [-0.2, 0) is 13.6 Å². The van der Waals surface area contributed by atoms with Crippen LogP contribution < -0.4 is 14.8 Å². The first-order chi connectivity index (χ1) is 9.74. The first-order valence-electron chi connectivity index (χ1n) is 6.11. The molecule has 20 heavy (non-hydrogen) atoms. The Hall–Kier alpha value is -2.57. The van der Waals surface area contributed by atoms with Crippen LogP contribution in [0.15, 0.2) is 30.9 Å². The largest absolute Gasteiger partial charge is 0.493 e. The van der Waals surface area contributed by atoms with Crippen LogP contribution >= 0.6 is 0 Å². The molecule has 106 valence electrons. The number of ether oxygens (including phenoxy) is 2. The van der Waals surface area contributed by atoms with Crippen molar-refractivity contribution in [3.8, 4) is 11.5 Å². The summed E-state index contributed by atoms with van der Waals surface area (Å²) in [6, 6.07) is 5.74. The zero-order valence-electron chi connectivity index (χ0n) is 11.5. The molecule has 0 atom stereocenters. The van der Waals surface area contributed by atoms with Gasteiger partial charge in [0.25, 0.3) is 0 Å². The van der Waals surface area contributed by atoms with Gasteiger partial charge in [-0.1, -0.05) is 23.8 Å². The summed E-state index contributed by atoms with van der Waals surface area (Å²) >= 11 is 0. The summed E-state index contributed by atoms with van der Waals surface area (Å²) in [5.41, 5.74) is 1.04. The minimum Gasteiger partial charge on any atom is -0.493 e. The molecule has 0 aliphatic rings. The minimum absolute atomic E-state index is 0.443. The lowest BCUT2D eigenvalue weighted by Gasteiger charge is -2.11. The third-order valence-corrected chi connectivity index (χ3v) is 2.66. The summed E-state index contributed by atoms with van der Waals surface area (Å²) in [6.45, 7) is 4.65. The highest BCUT2D eigenvalue weighted by atomic mass is 16.5. The molecule has 0 bridgehead atoms. The van der Waals surface area contributed by atoms with Gasteiger partial charge in [0.15, 0.2) is 11.5 Å². The normalized spacial score (nSPS) is 10.1. The van der Waals surface area contributed by atoms with Gasteiger partial charge in [-0.2, -0.15) is 0 Å². The topological polar surface area (TPSA) is 74.1 Å². The highest BCUT2D eigenvalue weighted by Gasteiger charge is 2.06. The van der Waals surface area contributed by atoms with Crippen molar-refractivity contribution in [2.75, 3.05) is 19.0 Å². The lowest BCUT2D eigenvalue weighted by molar-refractivity contribution is 0.326. The molecule has 0 fully saturated rings. The van der Waals surface area contributed by atoms with Crippen molar-refractivity contribution in [1.29, 1.82) is 0 Å². The molecule has 7 heteroatoms. The summed E-state index contributed by atoms with van der Waals surface area (Å²) in [5, 5.41) is 14.3. The fourth-order valence-corrected chi connectivity index (χ4v) is 1.65. The van der Waals surface area contributed by atoms with Crippen LogP contribution in [0.25, 0.3) is 0 Å². The van der Waals surface area contributed by atoms with E-state index in [0.29, 0.717) is 30.6 Å². The van der Waals surface area contributed by atoms with Gasteiger partial charge in [-0.05, 0) is 28.1 Å². The van der Waals surface area contributed by atoms with E-state index in [-0.39, 0.29) is 0 Å². The average Bonchev–Trinajstić information content (AvgIpc) is 2.88. The number of nitrogens with one attached hydrogen (secondary N) is 1. The fourth-order valence-electron chi connectivity index (χ4n) is 1.65. The first kappa shape index (κ1) is 13.9. The molecule has 0 saturated heterocycles. The van der Waals surface area contributed by atoms with Gasteiger partial charge in [-0.3, -0.25) is 0 Å². The summed E-state index contributed by atoms with van der Waals surface area (Å²) in [7, 11) is 3.38. The van der Waals surface area contributed by atoms with Crippen LogP contribution in [0, 0.1) is 0 Å². The molecule has 1 heterocycles. The Bertz CT molecular complexity index is 582. The molecule has 2 aromatic rings. The maximum Gasteiger partial charge on any atom is 0.242 e. The minimum atomic E-state index is 0.443. The molecular weight excluding hydrogens is 258 g/mol. The summed E-state index contributed by atoms with van der Waals surface area (Å²) in [6.07, 6.45) is 1.69. The molecule has 0 spiro atoms. The number of tetrazole rings is 1. The number of hydrogen-bond acceptors (Lipinski definition) is 6. The van der Waals surface area contributed by atoms with Gasteiger partial charge in [0.1, 0.15) is 6.61 Å². The molecule has 0 aliphatic carbocycles. The highest BCUT2D eigenvalue weighted by Crippen LogP contribution is 2.28. The Balaban J connectivity index is 2.05. The summed E-state index contributed by atoms with van der Waals surface area (Å²) in [5.74, 6) is 1.98. The molecule has 1 aromatic heterocycles. The second-order valence-electron chi connectivity index (χ2n) is 4.06. The number of anilines is 1. The van der Waals surface area contributed by atoms with Gasteiger partial charge in [-0.15, -0.1) is 0 Å². The van der Waals surface area contributed by atoms with Gasteiger partial charge < -0.3 is 14.8 Å². The molecular formula is C13H17N5O2. The van der Waals surface area contributed by atoms with Gasteiger partial charge in [0.05, 0.1) is 7.11 Å². The lowest BCUT2D eigenvalue weighted by Crippen LogP contribution is -2.06. The van der Waals surface area contributed by atoms with Crippen LogP contribution in [-0.4, -0.2) is 33.9 Å². The van der Waals surface area contributed by atoms with Crippen LogP contribution in [0.2, 0.25) is 0 Å². The zero-order chi connectivity index (χ0) is 14.4. The Labute approximate surface area is 117 Å². The van der Waals surface area contributed by atoms with E-state index >= 15 is 0 Å². The number of aryl methyl sites for hydroxylation is 1. The van der Waals surface area contributed by atoms with Crippen LogP contribution in [0.5, 0.6) is 11.5 Å². The van der Waals surface area contributed by atoms with Crippen molar-refractivity contribution in [2.24, 2.45) is 7.05 Å². The van der Waals surface area contributed by atoms with E-state index < -0.39 is 0 Å². The van der Waals surface area contributed by atoms with Gasteiger partial charge in [0, 0.05) is 13.6 Å². The van der Waals surface area contributed by atoms with Crippen molar-refractivity contribution in [1.82, 2.24) is 20.2 Å². The monoisotopic (exact) mass is 275 g/mol. The molecule has 0 unspecified atom stereocenters. The van der Waals surface area contributed by atoms with E-state index in [4.69, 9.17) is 9.47 Å². The maximum atomic E-state index is 5.50. The van der Waals surface area contributed by atoms with Gasteiger partial charge in [-0.25, -0.2) is 4.68 Å². The van der Waals surface area contributed by atoms with E-state index in [2.05, 4.69) is 27.4 Å². The number of aromatic nitrogens is 4. The van der Waals surface area contributed by atoms with Crippen molar-refractivity contribution in [3.63, 3.8) is 0 Å². The van der Waals surface area contributed by atoms with Crippen molar-refractivity contribution >= 4 is 5.95 Å². The predicted octanol–water partition coefficient (Wildman–Crippen LogP) is 1.40. The van der Waals surface area contributed by atoms with E-state index in [9.17, 15) is 0 Å². The van der Waals surface area contributed by atoms with Crippen LogP contribution in [0.3, 0.4) is 0 Å². The summed E-state index contributed by atoms with van der Waals surface area (Å²) < 4.78 is 12.4. The Morgan fingerprint density at radius 3 is 2.90 bits per heavy atom. The Morgan fingerprint density at radius 2 is 2.25 bits per heavy atom. The second-order valence-corrected chi connectivity index (χ2v) is 4.06. The molecule has 1 aromatic carbocycles. The molecule has 7 nitrogen and oxygen atoms in total. The number of benzene rings is 1. The molecule has 0 saturated carbocycles. The van der Waals surface area contributed by atoms with Crippen molar-refractivity contribution in [2.45, 2.75) is 6.54 Å². The quantitative estimate of drug-likeness (QED) is 0.770. The SMILES string of the molecule is C=CCOc1ccc(CNc2nnnn2C)cc1OC. The molecule has 0 amide bonds. The second kappa shape index (κ2) is 6.55. The number of nitrogens with zero attached hydrogens (tertiary/aromatic N) is 4. The van der Waals surface area contributed by atoms with E-state index in [1.807, 2.05) is 18.2 Å². The Morgan fingerprint density at radius 1 is 1.40 bits per heavy atom. The third kappa shape index (κ3) is 3.25. The fraction of sp³-hybridized carbons (Fsp3) is 0.308. The van der Waals surface area contributed by atoms with E-state index in [1.54, 1.807) is 24.9 Å². The number of rotatable bonds is 7. The van der Waals surface area contributed by atoms with Gasteiger partial charge >= 0.3 is 0 Å². The third-order valence-electron chi connectivity index (χ3n) is 2.66. The number of hydrogen-bond donors (Lipinski definition) is 1. The first-order valence-corrected chi connectivity index (χ1v) is 6.11. The molecule has 1 N–H and O–H groups in total. The molecule has 2 rings (SSSR count). The lowest BCUT2D eigenvalue weighted by atomic mass is 10.2. The van der Waals surface area contributed by atoms with E-state index in [1.165, 1.54) is 0 Å². The standard InChI is InChI=1S/C13H17N5O2/c1-4-7-20-11-6-5-10(8-12(11)19-3)9-14-13-15-16-17-18(13)2/h4-6,8H,1,7,9H2,2-3H3,(H,14,15,17). The predicted molar refractivity (Wildman–Crippen MR) is 74.8 cm³/mol. The zero-order valence-corrected chi connectivity index (χ0v) is 11.5. The molecule has 0 radical (unpaired) electrons. The average molecular weight is 275 g/mol. The van der Waals surface area contributed by atoms with Crippen molar-refractivity contribution in [3.05, 3.63) is 36.4 Å². The molecule has 0 aliphatic heterocycles. The van der Waals surface area contributed by atoms with E-state index in [0.717, 1.165) is 5.56 Å². The summed E-state index contributed by atoms with van der Waals surface area (Å²) in [4.78, 5) is 0. The van der Waals surface area contributed by atoms with Gasteiger partial charge in [0.2, 0.25) is 5.95 Å². The number of methoxy groups -OCH3 is 1. The van der Waals surface area contributed by atoms with Crippen molar-refractivity contribution < 1.29 is 9.47 Å². The van der Waals surface area contributed by atoms with Crippen LogP contribution in [0.4, 0.5) is 5.95 Å². The maximum absolute atomic E-state index is 5.50.